The number of aryl methyl sites for hydroxylation is 1. The highest BCUT2D eigenvalue weighted by atomic mass is 32.1. The van der Waals surface area contributed by atoms with Crippen molar-refractivity contribution in [3.05, 3.63) is 16.5 Å². The van der Waals surface area contributed by atoms with Gasteiger partial charge in [-0.05, 0) is 37.3 Å². The Morgan fingerprint density at radius 3 is 2.88 bits per heavy atom. The third-order valence-corrected chi connectivity index (χ3v) is 5.68. The van der Waals surface area contributed by atoms with Gasteiger partial charge in [0.1, 0.15) is 17.6 Å². The monoisotopic (exact) mass is 380 g/mol. The number of hydrogen-bond donors (Lipinski definition) is 1. The number of thiophene rings is 1. The lowest BCUT2D eigenvalue weighted by atomic mass is 10.2. The molecule has 1 aromatic heterocycles. The van der Waals surface area contributed by atoms with Crippen LogP contribution in [0.15, 0.2) is 6.07 Å². The number of rotatable bonds is 7. The molecule has 26 heavy (non-hydrogen) atoms. The first kappa shape index (κ1) is 19.3. The van der Waals surface area contributed by atoms with Crippen LogP contribution in [0, 0.1) is 18.8 Å². The second-order valence-electron chi connectivity index (χ2n) is 7.63. The Morgan fingerprint density at radius 2 is 2.19 bits per heavy atom. The smallest absolute Gasteiger partial charge is 0.348 e. The van der Waals surface area contributed by atoms with Gasteiger partial charge < -0.3 is 14.8 Å². The van der Waals surface area contributed by atoms with Crippen LogP contribution in [-0.2, 0) is 14.3 Å². The summed E-state index contributed by atoms with van der Waals surface area (Å²) in [6.07, 6.45) is 1.83. The van der Waals surface area contributed by atoms with E-state index in [1.165, 1.54) is 11.3 Å². The van der Waals surface area contributed by atoms with Crippen molar-refractivity contribution < 1.29 is 19.1 Å². The van der Waals surface area contributed by atoms with Gasteiger partial charge in [-0.1, -0.05) is 13.8 Å². The average Bonchev–Trinajstić information content (AvgIpc) is 3.36. The third-order valence-electron chi connectivity index (χ3n) is 4.54. The molecule has 2 fully saturated rings. The van der Waals surface area contributed by atoms with Crippen molar-refractivity contribution in [3.63, 3.8) is 0 Å². The molecule has 1 amide bonds. The summed E-state index contributed by atoms with van der Waals surface area (Å²) in [6.45, 7) is 9.93. The molecular weight excluding hydrogens is 352 g/mol. The lowest BCUT2D eigenvalue weighted by Crippen LogP contribution is -2.45. The van der Waals surface area contributed by atoms with Crippen LogP contribution in [0.1, 0.15) is 41.9 Å². The maximum Gasteiger partial charge on any atom is 0.348 e. The number of amides is 1. The Labute approximate surface area is 158 Å². The minimum atomic E-state index is -0.344. The van der Waals surface area contributed by atoms with Gasteiger partial charge in [-0.25, -0.2) is 4.79 Å². The summed E-state index contributed by atoms with van der Waals surface area (Å²) in [7, 11) is 0. The number of ether oxygens (including phenoxy) is 2. The fraction of sp³-hybridized carbons (Fsp3) is 0.684. The normalized spacial score (nSPS) is 21.0. The molecule has 1 aliphatic carbocycles. The summed E-state index contributed by atoms with van der Waals surface area (Å²) in [5.74, 6) is 0.454. The molecule has 0 spiro atoms. The zero-order valence-electron chi connectivity index (χ0n) is 15.7. The molecule has 144 valence electrons. The van der Waals surface area contributed by atoms with Crippen LogP contribution in [-0.4, -0.2) is 55.7 Å². The van der Waals surface area contributed by atoms with Gasteiger partial charge in [-0.3, -0.25) is 9.69 Å². The van der Waals surface area contributed by atoms with Gasteiger partial charge in [-0.2, -0.15) is 0 Å². The summed E-state index contributed by atoms with van der Waals surface area (Å²) >= 11 is 1.28. The number of morpholine rings is 1. The Hall–Kier alpha value is -1.44. The molecule has 6 nitrogen and oxygen atoms in total. The summed E-state index contributed by atoms with van der Waals surface area (Å²) in [4.78, 5) is 27.2. The number of esters is 1. The highest BCUT2D eigenvalue weighted by molar-refractivity contribution is 7.18. The minimum absolute atomic E-state index is 0.0482. The fourth-order valence-corrected chi connectivity index (χ4v) is 4.08. The molecule has 1 N–H and O–H groups in total. The standard InChI is InChI=1S/C19H28N2O4S/c1-12(2)9-21-6-7-24-15(10-21)11-25-19(23)17-13(3)8-16(26-17)20-18(22)14-4-5-14/h8,12,14-15H,4-7,9-11H2,1-3H3,(H,20,22). The largest absolute Gasteiger partial charge is 0.459 e. The number of nitrogens with one attached hydrogen (secondary N) is 1. The molecule has 0 aromatic carbocycles. The van der Waals surface area contributed by atoms with Crippen LogP contribution < -0.4 is 5.32 Å². The summed E-state index contributed by atoms with van der Waals surface area (Å²) in [5.41, 5.74) is 0.831. The van der Waals surface area contributed by atoms with Gasteiger partial charge in [0.2, 0.25) is 5.91 Å². The lowest BCUT2D eigenvalue weighted by Gasteiger charge is -2.33. The zero-order chi connectivity index (χ0) is 18.7. The van der Waals surface area contributed by atoms with E-state index >= 15 is 0 Å². The first-order chi connectivity index (χ1) is 12.4. The van der Waals surface area contributed by atoms with Crippen LogP contribution >= 0.6 is 11.3 Å². The second kappa shape index (κ2) is 8.50. The van der Waals surface area contributed by atoms with E-state index < -0.39 is 0 Å². The maximum atomic E-state index is 12.4. The van der Waals surface area contributed by atoms with Crippen LogP contribution in [0.5, 0.6) is 0 Å². The summed E-state index contributed by atoms with van der Waals surface area (Å²) in [5, 5.41) is 3.60. The van der Waals surface area contributed by atoms with E-state index in [4.69, 9.17) is 9.47 Å². The Balaban J connectivity index is 1.50. The molecule has 0 radical (unpaired) electrons. The van der Waals surface area contributed by atoms with Crippen molar-refractivity contribution in [3.8, 4) is 0 Å². The van der Waals surface area contributed by atoms with Crippen molar-refractivity contribution in [1.29, 1.82) is 0 Å². The number of anilines is 1. The summed E-state index contributed by atoms with van der Waals surface area (Å²) < 4.78 is 11.2. The molecule has 1 saturated carbocycles. The minimum Gasteiger partial charge on any atom is -0.459 e. The molecule has 2 aliphatic rings. The van der Waals surface area contributed by atoms with Crippen LogP contribution in [0.4, 0.5) is 5.00 Å². The Morgan fingerprint density at radius 1 is 1.42 bits per heavy atom. The zero-order valence-corrected chi connectivity index (χ0v) is 16.6. The first-order valence-electron chi connectivity index (χ1n) is 9.34. The topological polar surface area (TPSA) is 67.9 Å². The molecular formula is C19H28N2O4S. The van der Waals surface area contributed by atoms with E-state index in [1.54, 1.807) is 0 Å². The fourth-order valence-electron chi connectivity index (χ4n) is 3.11. The number of carbonyl (C=O) groups excluding carboxylic acids is 2. The van der Waals surface area contributed by atoms with Crippen LogP contribution in [0.3, 0.4) is 0 Å². The molecule has 1 aromatic rings. The van der Waals surface area contributed by atoms with Crippen molar-refractivity contribution in [2.45, 2.75) is 39.7 Å². The third kappa shape index (κ3) is 5.28. The molecule has 1 atom stereocenters. The van der Waals surface area contributed by atoms with Crippen LogP contribution in [0.2, 0.25) is 0 Å². The predicted octanol–water partition coefficient (Wildman–Crippen LogP) is 2.92. The van der Waals surface area contributed by atoms with Gasteiger partial charge in [-0.15, -0.1) is 11.3 Å². The van der Waals surface area contributed by atoms with E-state index in [-0.39, 0.29) is 30.5 Å². The first-order valence-corrected chi connectivity index (χ1v) is 10.2. The van der Waals surface area contributed by atoms with E-state index in [0.717, 1.165) is 38.0 Å². The van der Waals surface area contributed by atoms with Crippen molar-refractivity contribution in [2.24, 2.45) is 11.8 Å². The van der Waals surface area contributed by atoms with Crippen molar-refractivity contribution in [1.82, 2.24) is 4.90 Å². The van der Waals surface area contributed by atoms with Gasteiger partial charge in [0.15, 0.2) is 0 Å². The van der Waals surface area contributed by atoms with E-state index in [1.807, 2.05) is 13.0 Å². The molecule has 1 aliphatic heterocycles. The van der Waals surface area contributed by atoms with E-state index in [9.17, 15) is 9.59 Å². The molecule has 0 bridgehead atoms. The van der Waals surface area contributed by atoms with Gasteiger partial charge in [0.05, 0.1) is 11.6 Å². The maximum absolute atomic E-state index is 12.4. The number of carbonyl (C=O) groups is 2. The molecule has 1 unspecified atom stereocenters. The van der Waals surface area contributed by atoms with E-state index in [2.05, 4.69) is 24.1 Å². The quantitative estimate of drug-likeness (QED) is 0.737. The Bertz CT molecular complexity index is 654. The molecule has 7 heteroatoms. The SMILES string of the molecule is Cc1cc(NC(=O)C2CC2)sc1C(=O)OCC1CN(CC(C)C)CCO1. The van der Waals surface area contributed by atoms with Gasteiger partial charge in [0, 0.05) is 25.6 Å². The second-order valence-corrected chi connectivity index (χ2v) is 8.68. The lowest BCUT2D eigenvalue weighted by molar-refractivity contribution is -0.117. The van der Waals surface area contributed by atoms with Gasteiger partial charge in [0.25, 0.3) is 0 Å². The van der Waals surface area contributed by atoms with E-state index in [0.29, 0.717) is 22.4 Å². The number of nitrogens with zero attached hydrogens (tertiary/aromatic N) is 1. The van der Waals surface area contributed by atoms with Crippen molar-refractivity contribution >= 4 is 28.2 Å². The predicted molar refractivity (Wildman–Crippen MR) is 102 cm³/mol. The molecule has 3 rings (SSSR count). The molecule has 1 saturated heterocycles. The average molecular weight is 381 g/mol. The highest BCUT2D eigenvalue weighted by Crippen LogP contribution is 2.33. The summed E-state index contributed by atoms with van der Waals surface area (Å²) in [6, 6.07) is 1.84. The number of hydrogen-bond acceptors (Lipinski definition) is 6. The highest BCUT2D eigenvalue weighted by Gasteiger charge is 2.30. The van der Waals surface area contributed by atoms with Gasteiger partial charge >= 0.3 is 5.97 Å². The molecule has 2 heterocycles. The Kier molecular flexibility index (Phi) is 6.32. The van der Waals surface area contributed by atoms with Crippen LogP contribution in [0.25, 0.3) is 0 Å². The van der Waals surface area contributed by atoms with Crippen molar-refractivity contribution in [2.75, 3.05) is 38.2 Å².